The third-order valence-corrected chi connectivity index (χ3v) is 6.48. The van der Waals surface area contributed by atoms with E-state index in [-0.39, 0.29) is 17.4 Å². The molecule has 3 atom stereocenters. The lowest BCUT2D eigenvalue weighted by molar-refractivity contribution is 0.287. The number of nitrogens with one attached hydrogen (secondary N) is 1. The Hall–Kier alpha value is -1.61. The molecule has 2 heterocycles. The van der Waals surface area contributed by atoms with Gasteiger partial charge in [0.1, 0.15) is 0 Å². The standard InChI is InChI=1S/C24H26Cl2N2/c1-15(2)11-16(3)23-24(14-28-22-13-19(26)7-8-21(22)24)20(9-10-27-23)17-5-4-6-18(25)12-17/h4-8,12-15,20,23,27H,3,9-11H2,1-2H3/t20-,23+,24-/m0/s1. The summed E-state index contributed by atoms with van der Waals surface area (Å²) in [6.45, 7) is 9.92. The van der Waals surface area contributed by atoms with Crippen LogP contribution in [0.15, 0.2) is 59.6 Å². The molecule has 1 spiro atoms. The molecule has 0 bridgehead atoms. The van der Waals surface area contributed by atoms with Gasteiger partial charge < -0.3 is 5.32 Å². The zero-order chi connectivity index (χ0) is 19.9. The second-order valence-corrected chi connectivity index (χ2v) is 9.27. The maximum absolute atomic E-state index is 6.36. The average Bonchev–Trinajstić information content (AvgIpc) is 3.00. The first-order chi connectivity index (χ1) is 13.4. The monoisotopic (exact) mass is 412 g/mol. The van der Waals surface area contributed by atoms with Crippen LogP contribution in [0.4, 0.5) is 5.69 Å². The van der Waals surface area contributed by atoms with Crippen molar-refractivity contribution in [1.29, 1.82) is 0 Å². The van der Waals surface area contributed by atoms with Gasteiger partial charge in [0.25, 0.3) is 0 Å². The molecule has 0 aliphatic carbocycles. The number of hydrogen-bond donors (Lipinski definition) is 1. The molecule has 146 valence electrons. The number of halogens is 2. The van der Waals surface area contributed by atoms with E-state index in [4.69, 9.17) is 28.2 Å². The maximum atomic E-state index is 6.36. The molecule has 0 aromatic heterocycles. The van der Waals surface area contributed by atoms with E-state index >= 15 is 0 Å². The number of benzene rings is 2. The van der Waals surface area contributed by atoms with E-state index in [0.717, 1.165) is 30.1 Å². The van der Waals surface area contributed by atoms with Crippen LogP contribution in [0.25, 0.3) is 0 Å². The van der Waals surface area contributed by atoms with Crippen LogP contribution < -0.4 is 5.32 Å². The SMILES string of the molecule is C=C(CC(C)C)[C@H]1NCC[C@@H](c2cccc(Cl)c2)[C@]12C=Nc1cc(Cl)ccc12. The van der Waals surface area contributed by atoms with E-state index in [2.05, 4.69) is 50.2 Å². The summed E-state index contributed by atoms with van der Waals surface area (Å²) in [5.74, 6) is 0.827. The third-order valence-electron chi connectivity index (χ3n) is 6.01. The molecule has 2 aliphatic heterocycles. The van der Waals surface area contributed by atoms with Crippen LogP contribution >= 0.6 is 23.2 Å². The van der Waals surface area contributed by atoms with Gasteiger partial charge in [0.15, 0.2) is 0 Å². The first kappa shape index (κ1) is 19.7. The van der Waals surface area contributed by atoms with Gasteiger partial charge in [0.05, 0.1) is 11.1 Å². The highest BCUT2D eigenvalue weighted by Crippen LogP contribution is 2.53. The number of fused-ring (bicyclic) bond motifs is 2. The van der Waals surface area contributed by atoms with Gasteiger partial charge in [-0.2, -0.15) is 0 Å². The van der Waals surface area contributed by atoms with E-state index in [1.54, 1.807) is 0 Å². The van der Waals surface area contributed by atoms with Gasteiger partial charge in [-0.25, -0.2) is 0 Å². The van der Waals surface area contributed by atoms with Crippen LogP contribution in [0.2, 0.25) is 10.0 Å². The van der Waals surface area contributed by atoms with Gasteiger partial charge in [0.2, 0.25) is 0 Å². The molecule has 4 heteroatoms. The van der Waals surface area contributed by atoms with E-state index in [1.165, 1.54) is 16.7 Å². The molecule has 0 radical (unpaired) electrons. The smallest absolute Gasteiger partial charge is 0.0683 e. The highest BCUT2D eigenvalue weighted by atomic mass is 35.5. The van der Waals surface area contributed by atoms with Gasteiger partial charge in [-0.05, 0) is 60.7 Å². The second kappa shape index (κ2) is 7.67. The van der Waals surface area contributed by atoms with Crippen molar-refractivity contribution in [1.82, 2.24) is 5.32 Å². The largest absolute Gasteiger partial charge is 0.309 e. The first-order valence-corrected chi connectivity index (χ1v) is 10.7. The van der Waals surface area contributed by atoms with Crippen molar-refractivity contribution in [3.05, 3.63) is 75.8 Å². The Morgan fingerprint density at radius 2 is 2.00 bits per heavy atom. The molecule has 28 heavy (non-hydrogen) atoms. The number of rotatable bonds is 4. The second-order valence-electron chi connectivity index (χ2n) is 8.39. The van der Waals surface area contributed by atoms with Crippen LogP contribution in [-0.4, -0.2) is 18.8 Å². The van der Waals surface area contributed by atoms with Gasteiger partial charge >= 0.3 is 0 Å². The highest BCUT2D eigenvalue weighted by molar-refractivity contribution is 6.31. The summed E-state index contributed by atoms with van der Waals surface area (Å²) >= 11 is 12.6. The highest BCUT2D eigenvalue weighted by Gasteiger charge is 2.52. The Bertz CT molecular complexity index is 934. The van der Waals surface area contributed by atoms with Gasteiger partial charge in [-0.1, -0.05) is 67.4 Å². The van der Waals surface area contributed by atoms with Crippen LogP contribution in [-0.2, 0) is 5.41 Å². The molecule has 0 saturated carbocycles. The lowest BCUT2D eigenvalue weighted by atomic mass is 9.59. The molecule has 0 amide bonds. The molecule has 1 fully saturated rings. The predicted octanol–water partition coefficient (Wildman–Crippen LogP) is 6.70. The van der Waals surface area contributed by atoms with E-state index in [0.29, 0.717) is 10.9 Å². The number of aliphatic imine (C=N–C) groups is 1. The van der Waals surface area contributed by atoms with Gasteiger partial charge in [0, 0.05) is 28.2 Å². The van der Waals surface area contributed by atoms with Crippen molar-refractivity contribution in [3.63, 3.8) is 0 Å². The molecular formula is C24H26Cl2N2. The summed E-state index contributed by atoms with van der Waals surface area (Å²) in [5.41, 5.74) is 4.39. The first-order valence-electron chi connectivity index (χ1n) is 9.93. The Morgan fingerprint density at radius 1 is 1.21 bits per heavy atom. The zero-order valence-corrected chi connectivity index (χ0v) is 17.9. The topological polar surface area (TPSA) is 24.4 Å². The van der Waals surface area contributed by atoms with Crippen molar-refractivity contribution >= 4 is 35.1 Å². The number of nitrogens with zero attached hydrogens (tertiary/aromatic N) is 1. The summed E-state index contributed by atoms with van der Waals surface area (Å²) in [4.78, 5) is 4.82. The molecule has 2 nitrogen and oxygen atoms in total. The lowest BCUT2D eigenvalue weighted by Gasteiger charge is -2.48. The minimum atomic E-state index is -0.283. The molecule has 2 aromatic rings. The molecular weight excluding hydrogens is 387 g/mol. The lowest BCUT2D eigenvalue weighted by Crippen LogP contribution is -2.57. The van der Waals surface area contributed by atoms with E-state index in [9.17, 15) is 0 Å². The maximum Gasteiger partial charge on any atom is 0.0683 e. The Labute approximate surface area is 177 Å². The number of piperidine rings is 1. The predicted molar refractivity (Wildman–Crippen MR) is 120 cm³/mol. The summed E-state index contributed by atoms with van der Waals surface area (Å²) in [6.07, 6.45) is 4.14. The molecule has 1 N–H and O–H groups in total. The van der Waals surface area contributed by atoms with Crippen LogP contribution in [0, 0.1) is 5.92 Å². The molecule has 0 unspecified atom stereocenters. The minimum Gasteiger partial charge on any atom is -0.309 e. The van der Waals surface area contributed by atoms with Crippen LogP contribution in [0.5, 0.6) is 0 Å². The van der Waals surface area contributed by atoms with E-state index in [1.807, 2.05) is 24.3 Å². The Morgan fingerprint density at radius 3 is 2.75 bits per heavy atom. The Kier molecular flexibility index (Phi) is 5.39. The third kappa shape index (κ3) is 3.32. The average molecular weight is 413 g/mol. The van der Waals surface area contributed by atoms with Crippen molar-refractivity contribution in [3.8, 4) is 0 Å². The van der Waals surface area contributed by atoms with Gasteiger partial charge in [-0.3, -0.25) is 4.99 Å². The molecule has 2 aromatic carbocycles. The summed E-state index contributed by atoms with van der Waals surface area (Å²) in [7, 11) is 0. The normalized spacial score (nSPS) is 26.0. The Balaban J connectivity index is 1.88. The zero-order valence-electron chi connectivity index (χ0n) is 16.4. The van der Waals surface area contributed by atoms with Gasteiger partial charge in [-0.15, -0.1) is 0 Å². The molecule has 1 saturated heterocycles. The summed E-state index contributed by atoms with van der Waals surface area (Å²) in [5, 5.41) is 5.26. The van der Waals surface area contributed by atoms with Crippen LogP contribution in [0.1, 0.15) is 43.7 Å². The minimum absolute atomic E-state index is 0.124. The van der Waals surface area contributed by atoms with E-state index < -0.39 is 0 Å². The van der Waals surface area contributed by atoms with Crippen molar-refractivity contribution in [2.75, 3.05) is 6.54 Å². The van der Waals surface area contributed by atoms with Crippen LogP contribution in [0.3, 0.4) is 0 Å². The van der Waals surface area contributed by atoms with Crippen molar-refractivity contribution in [2.24, 2.45) is 10.9 Å². The fourth-order valence-corrected chi connectivity index (χ4v) is 5.37. The summed E-state index contributed by atoms with van der Waals surface area (Å²) < 4.78 is 0. The van der Waals surface area contributed by atoms with Crippen molar-refractivity contribution in [2.45, 2.75) is 44.1 Å². The fourth-order valence-electron chi connectivity index (χ4n) is 5.00. The fraction of sp³-hybridized carbons (Fsp3) is 0.375. The molecule has 4 rings (SSSR count). The summed E-state index contributed by atoms with van der Waals surface area (Å²) in [6, 6.07) is 14.5. The quantitative estimate of drug-likeness (QED) is 0.555. The number of hydrogen-bond acceptors (Lipinski definition) is 2. The molecule has 2 aliphatic rings. The van der Waals surface area contributed by atoms with Crippen molar-refractivity contribution < 1.29 is 0 Å².